The van der Waals surface area contributed by atoms with Gasteiger partial charge in [-0.1, -0.05) is 0 Å². The van der Waals surface area contributed by atoms with Crippen LogP contribution in [0.15, 0.2) is 11.8 Å². The fourth-order valence-electron chi connectivity index (χ4n) is 2.54. The van der Waals surface area contributed by atoms with Gasteiger partial charge in [-0.2, -0.15) is 0 Å². The van der Waals surface area contributed by atoms with E-state index in [1.807, 2.05) is 0 Å². The monoisotopic (exact) mass is 259 g/mol. The predicted molar refractivity (Wildman–Crippen MR) is 62.9 cm³/mol. The molecule has 0 amide bonds. The lowest BCUT2D eigenvalue weighted by Gasteiger charge is -2.37. The lowest BCUT2D eigenvalue weighted by molar-refractivity contribution is -0.451. The van der Waals surface area contributed by atoms with Crippen molar-refractivity contribution in [1.29, 1.82) is 0 Å². The summed E-state index contributed by atoms with van der Waals surface area (Å²) in [6.07, 6.45) is 1.83. The van der Waals surface area contributed by atoms with Crippen molar-refractivity contribution in [2.24, 2.45) is 5.92 Å². The molecule has 0 bridgehead atoms. The molecule has 18 heavy (non-hydrogen) atoms. The van der Waals surface area contributed by atoms with E-state index >= 15 is 0 Å². The summed E-state index contributed by atoms with van der Waals surface area (Å²) in [7, 11) is 1.69. The zero-order valence-corrected chi connectivity index (χ0v) is 10.5. The van der Waals surface area contributed by atoms with Gasteiger partial charge in [0.15, 0.2) is 0 Å². The first-order valence-corrected chi connectivity index (χ1v) is 6.17. The summed E-state index contributed by atoms with van der Waals surface area (Å²) in [4.78, 5) is 13.1. The Labute approximate surface area is 105 Å². The number of ether oxygens (including phenoxy) is 1. The average Bonchev–Trinajstić information content (AvgIpc) is 2.81. The Morgan fingerprint density at radius 3 is 3.00 bits per heavy atom. The quantitative estimate of drug-likeness (QED) is 0.430. The summed E-state index contributed by atoms with van der Waals surface area (Å²) in [5, 5.41) is 10.6. The summed E-state index contributed by atoms with van der Waals surface area (Å²) < 4.78 is 18.9. The summed E-state index contributed by atoms with van der Waals surface area (Å²) in [5.41, 5.74) is 0. The van der Waals surface area contributed by atoms with E-state index in [4.69, 9.17) is 4.74 Å². The molecular formula is C11H18FN3O3. The highest BCUT2D eigenvalue weighted by atomic mass is 19.1. The number of rotatable bonds is 3. The van der Waals surface area contributed by atoms with Crippen LogP contribution in [0, 0.1) is 16.0 Å². The zero-order valence-electron chi connectivity index (χ0n) is 10.5. The molecule has 1 unspecified atom stereocenters. The Morgan fingerprint density at radius 1 is 1.61 bits per heavy atom. The van der Waals surface area contributed by atoms with E-state index in [9.17, 15) is 14.5 Å². The molecule has 0 aromatic heterocycles. The number of nitro groups is 1. The van der Waals surface area contributed by atoms with Gasteiger partial charge in [0.1, 0.15) is 0 Å². The average molecular weight is 259 g/mol. The van der Waals surface area contributed by atoms with Crippen LogP contribution in [-0.4, -0.2) is 54.6 Å². The SMILES string of the molecule is CN1CCCN(CC2CCOC2)C1=C(F)[N+](=O)[O-]. The third-order valence-electron chi connectivity index (χ3n) is 3.43. The Morgan fingerprint density at radius 2 is 2.39 bits per heavy atom. The summed E-state index contributed by atoms with van der Waals surface area (Å²) in [6.45, 7) is 3.32. The molecule has 2 saturated heterocycles. The number of hydrogen-bond donors (Lipinski definition) is 0. The van der Waals surface area contributed by atoms with Crippen molar-refractivity contribution in [3.05, 3.63) is 21.9 Å². The summed E-state index contributed by atoms with van der Waals surface area (Å²) in [5.74, 6) is -0.805. The Hall–Kier alpha value is -1.37. The van der Waals surface area contributed by atoms with Crippen LogP contribution in [0.25, 0.3) is 0 Å². The first-order valence-electron chi connectivity index (χ1n) is 6.17. The minimum absolute atomic E-state index is 0.109. The molecule has 2 rings (SSSR count). The van der Waals surface area contributed by atoms with E-state index in [1.165, 1.54) is 0 Å². The Kier molecular flexibility index (Phi) is 4.00. The van der Waals surface area contributed by atoms with Gasteiger partial charge in [-0.25, -0.2) is 0 Å². The van der Waals surface area contributed by atoms with E-state index < -0.39 is 10.9 Å². The molecule has 7 heteroatoms. The molecule has 0 aromatic carbocycles. The van der Waals surface area contributed by atoms with Gasteiger partial charge >= 0.3 is 5.95 Å². The fourth-order valence-corrected chi connectivity index (χ4v) is 2.54. The molecule has 6 nitrogen and oxygen atoms in total. The zero-order chi connectivity index (χ0) is 13.1. The highest BCUT2D eigenvalue weighted by molar-refractivity contribution is 5.03. The molecule has 0 radical (unpaired) electrons. The Balaban J connectivity index is 2.14. The minimum Gasteiger partial charge on any atom is -0.381 e. The van der Waals surface area contributed by atoms with Crippen LogP contribution in [0.5, 0.6) is 0 Å². The van der Waals surface area contributed by atoms with E-state index in [2.05, 4.69) is 0 Å². The fraction of sp³-hybridized carbons (Fsp3) is 0.818. The third-order valence-corrected chi connectivity index (χ3v) is 3.43. The van der Waals surface area contributed by atoms with Crippen LogP contribution in [0.4, 0.5) is 4.39 Å². The van der Waals surface area contributed by atoms with E-state index in [-0.39, 0.29) is 5.82 Å². The van der Waals surface area contributed by atoms with Gasteiger partial charge in [0, 0.05) is 39.2 Å². The van der Waals surface area contributed by atoms with Crippen molar-refractivity contribution in [2.45, 2.75) is 12.8 Å². The van der Waals surface area contributed by atoms with Gasteiger partial charge < -0.3 is 14.5 Å². The lowest BCUT2D eigenvalue weighted by Crippen LogP contribution is -2.44. The first kappa shape index (κ1) is 13.1. The standard InChI is InChI=1S/C11H18FN3O3/c1-13-4-2-5-14(7-9-3-6-18-8-9)11(13)10(12)15(16)17/h9H,2-8H2,1H3. The van der Waals surface area contributed by atoms with Gasteiger partial charge in [0.25, 0.3) is 0 Å². The van der Waals surface area contributed by atoms with Crippen LogP contribution in [-0.2, 0) is 4.74 Å². The molecule has 0 aromatic rings. The summed E-state index contributed by atoms with van der Waals surface area (Å²) >= 11 is 0. The summed E-state index contributed by atoms with van der Waals surface area (Å²) in [6, 6.07) is 0. The molecule has 102 valence electrons. The van der Waals surface area contributed by atoms with Crippen molar-refractivity contribution in [3.63, 3.8) is 0 Å². The molecule has 2 heterocycles. The van der Waals surface area contributed by atoms with Crippen LogP contribution >= 0.6 is 0 Å². The van der Waals surface area contributed by atoms with Crippen molar-refractivity contribution in [3.8, 4) is 0 Å². The highest BCUT2D eigenvalue weighted by Crippen LogP contribution is 2.24. The van der Waals surface area contributed by atoms with Crippen molar-refractivity contribution < 1.29 is 14.1 Å². The molecule has 0 aliphatic carbocycles. The van der Waals surface area contributed by atoms with E-state index in [0.717, 1.165) is 19.4 Å². The van der Waals surface area contributed by atoms with Gasteiger partial charge in [-0.05, 0) is 12.8 Å². The van der Waals surface area contributed by atoms with Crippen molar-refractivity contribution in [1.82, 2.24) is 9.80 Å². The maximum Gasteiger partial charge on any atom is 0.460 e. The number of hydrogen-bond acceptors (Lipinski definition) is 5. The second-order valence-electron chi connectivity index (χ2n) is 4.82. The lowest BCUT2D eigenvalue weighted by atomic mass is 10.1. The smallest absolute Gasteiger partial charge is 0.381 e. The van der Waals surface area contributed by atoms with E-state index in [0.29, 0.717) is 32.2 Å². The predicted octanol–water partition coefficient (Wildman–Crippen LogP) is 1.03. The molecule has 0 N–H and O–H groups in total. The van der Waals surface area contributed by atoms with Crippen LogP contribution in [0.1, 0.15) is 12.8 Å². The highest BCUT2D eigenvalue weighted by Gasteiger charge is 2.32. The normalized spacial score (nSPS) is 27.6. The topological polar surface area (TPSA) is 58.8 Å². The second-order valence-corrected chi connectivity index (χ2v) is 4.82. The van der Waals surface area contributed by atoms with Gasteiger partial charge in [0.05, 0.1) is 11.5 Å². The van der Waals surface area contributed by atoms with E-state index in [1.54, 1.807) is 16.8 Å². The van der Waals surface area contributed by atoms with Gasteiger partial charge in [0.2, 0.25) is 5.82 Å². The molecule has 1 atom stereocenters. The number of nitrogens with zero attached hydrogens (tertiary/aromatic N) is 3. The maximum absolute atomic E-state index is 13.7. The third kappa shape index (κ3) is 2.72. The van der Waals surface area contributed by atoms with Crippen LogP contribution in [0.2, 0.25) is 0 Å². The second kappa shape index (κ2) is 5.51. The van der Waals surface area contributed by atoms with Crippen molar-refractivity contribution in [2.75, 3.05) is 39.9 Å². The molecule has 2 fully saturated rings. The van der Waals surface area contributed by atoms with Gasteiger partial charge in [-0.15, -0.1) is 4.39 Å². The molecule has 0 spiro atoms. The van der Waals surface area contributed by atoms with Gasteiger partial charge in [-0.3, -0.25) is 10.1 Å². The minimum atomic E-state index is -1.25. The van der Waals surface area contributed by atoms with Crippen LogP contribution < -0.4 is 0 Å². The largest absolute Gasteiger partial charge is 0.460 e. The maximum atomic E-state index is 13.7. The molecule has 2 aliphatic heterocycles. The van der Waals surface area contributed by atoms with Crippen LogP contribution in [0.3, 0.4) is 0 Å². The first-order chi connectivity index (χ1) is 8.59. The molecule has 2 aliphatic rings. The molecular weight excluding hydrogens is 241 g/mol. The van der Waals surface area contributed by atoms with Crippen molar-refractivity contribution >= 4 is 0 Å². The molecule has 0 saturated carbocycles. The number of halogens is 1. The Bertz CT molecular complexity index is 355.